The van der Waals surface area contributed by atoms with Crippen molar-refractivity contribution in [2.75, 3.05) is 0 Å². The summed E-state index contributed by atoms with van der Waals surface area (Å²) in [7, 11) is 0. The van der Waals surface area contributed by atoms with E-state index in [1.807, 2.05) is 19.1 Å². The van der Waals surface area contributed by atoms with Crippen LogP contribution in [-0.4, -0.2) is 15.0 Å². The molecule has 2 heterocycles. The zero-order valence-electron chi connectivity index (χ0n) is 7.04. The number of imidazole rings is 1. The van der Waals surface area contributed by atoms with Crippen molar-refractivity contribution in [1.82, 2.24) is 15.0 Å². The van der Waals surface area contributed by atoms with E-state index in [9.17, 15) is 0 Å². The van der Waals surface area contributed by atoms with Crippen LogP contribution in [0, 0.1) is 6.92 Å². The lowest BCUT2D eigenvalue weighted by Crippen LogP contribution is -1.80. The van der Waals surface area contributed by atoms with E-state index < -0.39 is 0 Å². The van der Waals surface area contributed by atoms with Crippen LogP contribution in [0.15, 0.2) is 12.1 Å². The molecule has 5 heteroatoms. The average molecular weight is 218 g/mol. The van der Waals surface area contributed by atoms with Crippen LogP contribution in [0.1, 0.15) is 11.5 Å². The Morgan fingerprint density at radius 3 is 2.85 bits per heavy atom. The molecule has 0 saturated carbocycles. The van der Waals surface area contributed by atoms with Gasteiger partial charge in [0.2, 0.25) is 0 Å². The van der Waals surface area contributed by atoms with E-state index in [2.05, 4.69) is 15.0 Å². The molecule has 1 N–H and O–H groups in total. The van der Waals surface area contributed by atoms with Gasteiger partial charge in [-0.2, -0.15) is 0 Å². The van der Waals surface area contributed by atoms with Crippen LogP contribution in [0.5, 0.6) is 0 Å². The molecule has 0 aromatic carbocycles. The van der Waals surface area contributed by atoms with Gasteiger partial charge in [-0.15, -0.1) is 24.0 Å². The van der Waals surface area contributed by atoms with Gasteiger partial charge < -0.3 is 4.98 Å². The van der Waals surface area contributed by atoms with Crippen molar-refractivity contribution >= 4 is 35.2 Å². The van der Waals surface area contributed by atoms with E-state index in [4.69, 9.17) is 11.6 Å². The number of alkyl halides is 1. The standard InChI is InChI=1S/C8H8ClN3.ClH/c1-5-2-3-6-8(10-5)12-7(4-9)11-6;/h2-3H,4H2,1H3,(H,10,11,12);1H. The monoisotopic (exact) mass is 217 g/mol. The summed E-state index contributed by atoms with van der Waals surface area (Å²) >= 11 is 5.62. The van der Waals surface area contributed by atoms with Gasteiger partial charge >= 0.3 is 0 Å². The number of hydrogen-bond acceptors (Lipinski definition) is 2. The molecule has 2 aromatic rings. The van der Waals surface area contributed by atoms with E-state index in [1.54, 1.807) is 0 Å². The fourth-order valence-electron chi connectivity index (χ4n) is 1.10. The van der Waals surface area contributed by atoms with Gasteiger partial charge in [-0.3, -0.25) is 0 Å². The number of aromatic amines is 1. The van der Waals surface area contributed by atoms with Crippen LogP contribution >= 0.6 is 24.0 Å². The Hall–Kier alpha value is -0.800. The van der Waals surface area contributed by atoms with Crippen LogP contribution in [0.3, 0.4) is 0 Å². The lowest BCUT2D eigenvalue weighted by molar-refractivity contribution is 1.12. The van der Waals surface area contributed by atoms with Gasteiger partial charge in [0.15, 0.2) is 5.65 Å². The first kappa shape index (κ1) is 10.3. The summed E-state index contributed by atoms with van der Waals surface area (Å²) in [5.41, 5.74) is 2.65. The normalized spacial score (nSPS) is 10.0. The molecule has 3 nitrogen and oxygen atoms in total. The molecule has 0 amide bonds. The fourth-order valence-corrected chi connectivity index (χ4v) is 1.23. The molecule has 0 spiro atoms. The fraction of sp³-hybridized carbons (Fsp3) is 0.250. The zero-order valence-corrected chi connectivity index (χ0v) is 8.61. The first-order valence-electron chi connectivity index (χ1n) is 3.68. The number of fused-ring (bicyclic) bond motifs is 1. The summed E-state index contributed by atoms with van der Waals surface area (Å²) in [5, 5.41) is 0. The molecule has 0 radical (unpaired) electrons. The van der Waals surface area contributed by atoms with E-state index in [0.717, 1.165) is 22.7 Å². The predicted molar refractivity (Wildman–Crippen MR) is 55.4 cm³/mol. The molecule has 13 heavy (non-hydrogen) atoms. The molecular formula is C8H9Cl2N3. The summed E-state index contributed by atoms with van der Waals surface area (Å²) in [4.78, 5) is 11.5. The number of rotatable bonds is 1. The Labute approximate surface area is 86.9 Å². The van der Waals surface area contributed by atoms with Crippen LogP contribution in [0.2, 0.25) is 0 Å². The zero-order chi connectivity index (χ0) is 8.55. The summed E-state index contributed by atoms with van der Waals surface area (Å²) in [6.45, 7) is 1.94. The maximum absolute atomic E-state index is 5.62. The molecule has 0 aliphatic carbocycles. The van der Waals surface area contributed by atoms with Crippen LogP contribution in [0.4, 0.5) is 0 Å². The lowest BCUT2D eigenvalue weighted by atomic mass is 10.4. The van der Waals surface area contributed by atoms with Crippen LogP contribution in [0.25, 0.3) is 11.2 Å². The third-order valence-corrected chi connectivity index (χ3v) is 1.91. The predicted octanol–water partition coefficient (Wildman–Crippen LogP) is 2.43. The second-order valence-corrected chi connectivity index (χ2v) is 2.91. The molecule has 0 saturated heterocycles. The maximum atomic E-state index is 5.62. The number of H-pyrrole nitrogens is 1. The molecular weight excluding hydrogens is 209 g/mol. The van der Waals surface area contributed by atoms with Crippen LogP contribution in [-0.2, 0) is 5.88 Å². The molecule has 0 atom stereocenters. The Morgan fingerprint density at radius 2 is 2.15 bits per heavy atom. The van der Waals surface area contributed by atoms with E-state index in [-0.39, 0.29) is 12.4 Å². The largest absolute Gasteiger partial charge is 0.340 e. The minimum atomic E-state index is 0. The third-order valence-electron chi connectivity index (χ3n) is 1.66. The Bertz CT molecular complexity index is 411. The Kier molecular flexibility index (Phi) is 3.12. The van der Waals surface area contributed by atoms with Gasteiger partial charge in [-0.05, 0) is 19.1 Å². The Balaban J connectivity index is 0.000000845. The van der Waals surface area contributed by atoms with Gasteiger partial charge in [0.25, 0.3) is 0 Å². The second kappa shape index (κ2) is 3.94. The molecule has 0 fully saturated rings. The van der Waals surface area contributed by atoms with Gasteiger partial charge in [-0.25, -0.2) is 9.97 Å². The lowest BCUT2D eigenvalue weighted by Gasteiger charge is -1.88. The summed E-state index contributed by atoms with van der Waals surface area (Å²) in [5.74, 6) is 1.17. The highest BCUT2D eigenvalue weighted by molar-refractivity contribution is 6.16. The topological polar surface area (TPSA) is 41.6 Å². The van der Waals surface area contributed by atoms with Gasteiger partial charge in [0, 0.05) is 5.69 Å². The number of halogens is 2. The maximum Gasteiger partial charge on any atom is 0.177 e. The third kappa shape index (κ3) is 1.92. The second-order valence-electron chi connectivity index (χ2n) is 2.64. The minimum Gasteiger partial charge on any atom is -0.340 e. The Morgan fingerprint density at radius 1 is 1.38 bits per heavy atom. The average Bonchev–Trinajstić information content (AvgIpc) is 2.46. The molecule has 2 aromatic heterocycles. The molecule has 70 valence electrons. The highest BCUT2D eigenvalue weighted by Crippen LogP contribution is 2.10. The van der Waals surface area contributed by atoms with E-state index in [1.165, 1.54) is 0 Å². The van der Waals surface area contributed by atoms with Crippen molar-refractivity contribution in [1.29, 1.82) is 0 Å². The molecule has 0 bridgehead atoms. The first-order valence-corrected chi connectivity index (χ1v) is 4.21. The van der Waals surface area contributed by atoms with Crippen molar-refractivity contribution < 1.29 is 0 Å². The highest BCUT2D eigenvalue weighted by atomic mass is 35.5. The summed E-state index contributed by atoms with van der Waals surface area (Å²) < 4.78 is 0. The smallest absolute Gasteiger partial charge is 0.177 e. The number of pyridine rings is 1. The van der Waals surface area contributed by atoms with Gasteiger partial charge in [-0.1, -0.05) is 0 Å². The number of aryl methyl sites for hydroxylation is 1. The van der Waals surface area contributed by atoms with Crippen molar-refractivity contribution in [3.63, 3.8) is 0 Å². The summed E-state index contributed by atoms with van der Waals surface area (Å²) in [6, 6.07) is 3.90. The van der Waals surface area contributed by atoms with Crippen molar-refractivity contribution in [2.45, 2.75) is 12.8 Å². The minimum absolute atomic E-state index is 0. The number of hydrogen-bond donors (Lipinski definition) is 1. The molecule has 0 aliphatic heterocycles. The molecule has 0 aliphatic rings. The summed E-state index contributed by atoms with van der Waals surface area (Å²) in [6.07, 6.45) is 0. The van der Waals surface area contributed by atoms with E-state index in [0.29, 0.717) is 5.88 Å². The van der Waals surface area contributed by atoms with Gasteiger partial charge in [0.05, 0.1) is 11.4 Å². The molecule has 2 rings (SSSR count). The highest BCUT2D eigenvalue weighted by Gasteiger charge is 2.01. The van der Waals surface area contributed by atoms with Crippen molar-refractivity contribution in [3.8, 4) is 0 Å². The SMILES string of the molecule is Cc1ccc2[nH]c(CCl)nc2n1.Cl. The molecule has 0 unspecified atom stereocenters. The number of nitrogens with one attached hydrogen (secondary N) is 1. The van der Waals surface area contributed by atoms with E-state index >= 15 is 0 Å². The first-order chi connectivity index (χ1) is 5.79. The number of nitrogens with zero attached hydrogens (tertiary/aromatic N) is 2. The van der Waals surface area contributed by atoms with Crippen molar-refractivity contribution in [3.05, 3.63) is 23.7 Å². The number of aromatic nitrogens is 3. The van der Waals surface area contributed by atoms with Crippen molar-refractivity contribution in [2.24, 2.45) is 0 Å². The quantitative estimate of drug-likeness (QED) is 0.746. The van der Waals surface area contributed by atoms with Crippen LogP contribution < -0.4 is 0 Å². The van der Waals surface area contributed by atoms with Gasteiger partial charge in [0.1, 0.15) is 5.82 Å².